The lowest BCUT2D eigenvalue weighted by molar-refractivity contribution is -0.175. The van der Waals surface area contributed by atoms with E-state index < -0.39 is 33.9 Å². The van der Waals surface area contributed by atoms with Gasteiger partial charge in [-0.15, -0.1) is 6.58 Å². The van der Waals surface area contributed by atoms with Crippen LogP contribution in [0.25, 0.3) is 0 Å². The minimum Gasteiger partial charge on any atom is -0.457 e. The summed E-state index contributed by atoms with van der Waals surface area (Å²) >= 11 is 0.871. The van der Waals surface area contributed by atoms with Crippen LogP contribution in [0.15, 0.2) is 82.1 Å². The number of allylic oxidation sites excluding steroid dienone is 3. The molecular weight excluding hydrogens is 658 g/mol. The van der Waals surface area contributed by atoms with Gasteiger partial charge < -0.3 is 24.7 Å². The zero-order valence-electron chi connectivity index (χ0n) is 28.4. The number of nitriles is 1. The third kappa shape index (κ3) is 4.75. The molecule has 50 heavy (non-hydrogen) atoms. The van der Waals surface area contributed by atoms with Gasteiger partial charge in [-0.2, -0.15) is 5.26 Å². The zero-order chi connectivity index (χ0) is 35.5. The van der Waals surface area contributed by atoms with Crippen LogP contribution in [0.4, 0.5) is 10.1 Å². The molecule has 3 N–H and O–H groups in total. The molecule has 1 aromatic carbocycles. The van der Waals surface area contributed by atoms with Crippen molar-refractivity contribution < 1.29 is 33.0 Å². The molecule has 5 aliphatic rings. The van der Waals surface area contributed by atoms with Gasteiger partial charge in [0.05, 0.1) is 48.8 Å². The molecule has 5 aliphatic carbocycles. The van der Waals surface area contributed by atoms with Gasteiger partial charge in [-0.25, -0.2) is 14.2 Å². The lowest BCUT2D eigenvalue weighted by Crippen LogP contribution is -2.62. The van der Waals surface area contributed by atoms with Gasteiger partial charge in [-0.05, 0) is 104 Å². The van der Waals surface area contributed by atoms with Gasteiger partial charge in [0.15, 0.2) is 5.60 Å². The van der Waals surface area contributed by atoms with Gasteiger partial charge in [0, 0.05) is 21.8 Å². The van der Waals surface area contributed by atoms with Crippen LogP contribution in [0.1, 0.15) is 74.9 Å². The SMILES string of the molecule is C=CCOCc1cc(N=C2C=C3CC[C@]45CC4([C@@H](O)C[C@@]4(C)C5CC[C@]4(OC(=O)c4ccco4)C(=O)SCC#N)[C@@]3(C)CC2=CN)ccc1F. The number of carbonyl (C=O) groups excluding carboxylic acids is 2. The van der Waals surface area contributed by atoms with Crippen LogP contribution in [-0.4, -0.2) is 46.0 Å². The monoisotopic (exact) mass is 699 g/mol. The van der Waals surface area contributed by atoms with E-state index in [1.54, 1.807) is 30.5 Å². The number of benzene rings is 1. The van der Waals surface area contributed by atoms with Gasteiger partial charge in [-0.3, -0.25) is 4.79 Å². The molecule has 0 radical (unpaired) electrons. The molecule has 0 spiro atoms. The lowest BCUT2D eigenvalue weighted by atomic mass is 9.45. The van der Waals surface area contributed by atoms with Crippen molar-refractivity contribution >= 4 is 34.2 Å². The standard InChI is InChI=1S/C39H42FN3O6S/c1-4-14-47-22-24-17-27(7-8-28(24)40)43-29-18-26-9-11-37-23-38(37,35(26,2)19-25(29)21-42)32(44)20-36(3)31(37)10-12-39(36,34(46)50-16-13-41)49-33(45)30-6-5-15-48-30/h4-8,15,17-18,21,31-32,44H,1,9-12,14,16,19-20,22-23,42H2,2-3H3/t31?,32-,35-,36-,37+,38?,39-/m0/s1. The minimum atomic E-state index is -1.52. The summed E-state index contributed by atoms with van der Waals surface area (Å²) in [6, 6.07) is 9.84. The van der Waals surface area contributed by atoms with Crippen LogP contribution in [0.2, 0.25) is 0 Å². The first-order valence-electron chi connectivity index (χ1n) is 17.1. The summed E-state index contributed by atoms with van der Waals surface area (Å²) in [5, 5.41) is 21.4. The Hall–Kier alpha value is -3.98. The number of nitrogens with zero attached hydrogens (tertiary/aromatic N) is 2. The molecular formula is C39H42FN3O6S. The molecule has 11 heteroatoms. The first-order chi connectivity index (χ1) is 23.9. The van der Waals surface area contributed by atoms with E-state index in [9.17, 15) is 24.3 Å². The largest absolute Gasteiger partial charge is 0.457 e. The van der Waals surface area contributed by atoms with Crippen molar-refractivity contribution in [2.24, 2.45) is 38.3 Å². The van der Waals surface area contributed by atoms with E-state index in [0.29, 0.717) is 42.8 Å². The Morgan fingerprint density at radius 2 is 2.12 bits per heavy atom. The summed E-state index contributed by atoms with van der Waals surface area (Å²) in [4.78, 5) is 32.4. The quantitative estimate of drug-likeness (QED) is 0.159. The summed E-state index contributed by atoms with van der Waals surface area (Å²) in [6.07, 6.45) is 10.1. The molecule has 0 amide bonds. The Morgan fingerprint density at radius 1 is 1.30 bits per heavy atom. The Kier molecular flexibility index (Phi) is 8.52. The molecule has 262 valence electrons. The van der Waals surface area contributed by atoms with E-state index in [1.807, 2.05) is 13.0 Å². The van der Waals surface area contributed by atoms with Crippen LogP contribution >= 0.6 is 11.8 Å². The maximum Gasteiger partial charge on any atom is 0.375 e. The average molecular weight is 700 g/mol. The van der Waals surface area contributed by atoms with Gasteiger partial charge in [0.1, 0.15) is 5.82 Å². The molecule has 9 nitrogen and oxygen atoms in total. The van der Waals surface area contributed by atoms with E-state index in [0.717, 1.165) is 36.6 Å². The number of aliphatic imine (C=N–C) groups is 1. The number of aliphatic hydroxyl groups is 1. The average Bonchev–Trinajstić information content (AvgIpc) is 3.37. The van der Waals surface area contributed by atoms with Crippen molar-refractivity contribution in [3.8, 4) is 6.07 Å². The van der Waals surface area contributed by atoms with E-state index in [-0.39, 0.29) is 46.8 Å². The molecule has 0 aliphatic heterocycles. The van der Waals surface area contributed by atoms with Crippen LogP contribution in [0.5, 0.6) is 0 Å². The topological polar surface area (TPSA) is 148 Å². The van der Waals surface area contributed by atoms with Crippen molar-refractivity contribution in [1.82, 2.24) is 0 Å². The number of aliphatic hydroxyl groups excluding tert-OH is 1. The Labute approximate surface area is 295 Å². The fourth-order valence-electron chi connectivity index (χ4n) is 10.8. The molecule has 0 saturated heterocycles. The fraction of sp³-hybridized carbons (Fsp3) is 0.487. The number of ether oxygens (including phenoxy) is 2. The summed E-state index contributed by atoms with van der Waals surface area (Å²) in [6.45, 7) is 8.27. The highest BCUT2D eigenvalue weighted by Gasteiger charge is 2.88. The fourth-order valence-corrected chi connectivity index (χ4v) is 11.6. The van der Waals surface area contributed by atoms with Crippen LogP contribution in [0, 0.1) is 44.7 Å². The summed E-state index contributed by atoms with van der Waals surface area (Å²) in [5.74, 6) is -1.16. The summed E-state index contributed by atoms with van der Waals surface area (Å²) < 4.78 is 31.6. The van der Waals surface area contributed by atoms with Crippen molar-refractivity contribution in [2.75, 3.05) is 12.4 Å². The first-order valence-corrected chi connectivity index (χ1v) is 18.1. The number of rotatable bonds is 9. The maximum absolute atomic E-state index is 14.5. The third-order valence-electron chi connectivity index (χ3n) is 13.0. The summed E-state index contributed by atoms with van der Waals surface area (Å²) in [5.41, 5.74) is 6.46. The smallest absolute Gasteiger partial charge is 0.375 e. The van der Waals surface area contributed by atoms with Crippen LogP contribution in [0.3, 0.4) is 0 Å². The Bertz CT molecular complexity index is 1880. The number of carbonyl (C=O) groups is 2. The highest BCUT2D eigenvalue weighted by molar-refractivity contribution is 8.14. The zero-order valence-corrected chi connectivity index (χ0v) is 29.2. The predicted octanol–water partition coefficient (Wildman–Crippen LogP) is 7.10. The Morgan fingerprint density at radius 3 is 2.84 bits per heavy atom. The van der Waals surface area contributed by atoms with Crippen molar-refractivity contribution in [3.05, 3.63) is 89.8 Å². The molecule has 4 saturated carbocycles. The van der Waals surface area contributed by atoms with Crippen LogP contribution < -0.4 is 5.73 Å². The van der Waals surface area contributed by atoms with Gasteiger partial charge in [0.25, 0.3) is 0 Å². The second kappa shape index (κ2) is 12.4. The number of esters is 1. The highest BCUT2D eigenvalue weighted by Crippen LogP contribution is 2.90. The minimum absolute atomic E-state index is 0.00317. The lowest BCUT2D eigenvalue weighted by Gasteiger charge is -2.60. The van der Waals surface area contributed by atoms with E-state index in [1.165, 1.54) is 24.0 Å². The van der Waals surface area contributed by atoms with E-state index in [2.05, 4.69) is 19.6 Å². The van der Waals surface area contributed by atoms with Gasteiger partial charge in [0.2, 0.25) is 10.9 Å². The number of furan rings is 1. The molecule has 7 rings (SSSR count). The number of halogens is 1. The predicted molar refractivity (Wildman–Crippen MR) is 187 cm³/mol. The number of hydrogen-bond donors (Lipinski definition) is 2. The molecule has 0 bridgehead atoms. The number of nitrogens with two attached hydrogens (primary N) is 1. The van der Waals surface area contributed by atoms with Crippen molar-refractivity contribution in [1.29, 1.82) is 5.26 Å². The highest BCUT2D eigenvalue weighted by atomic mass is 32.2. The maximum atomic E-state index is 14.5. The van der Waals surface area contributed by atoms with Crippen molar-refractivity contribution in [2.45, 2.75) is 77.1 Å². The van der Waals surface area contributed by atoms with Crippen LogP contribution in [-0.2, 0) is 20.9 Å². The number of thioether (sulfide) groups is 1. The second-order valence-corrected chi connectivity index (χ2v) is 15.9. The second-order valence-electron chi connectivity index (χ2n) is 14.9. The number of fused-ring (bicyclic) bond motifs is 2. The molecule has 1 aromatic heterocycles. The molecule has 7 atom stereocenters. The van der Waals surface area contributed by atoms with Gasteiger partial charge in [-0.1, -0.05) is 37.3 Å². The molecule has 1 heterocycles. The third-order valence-corrected chi connectivity index (χ3v) is 13.8. The molecule has 4 fully saturated rings. The normalized spacial score (nSPS) is 36.7. The van der Waals surface area contributed by atoms with E-state index in [4.69, 9.17) is 24.6 Å². The first kappa shape index (κ1) is 34.5. The van der Waals surface area contributed by atoms with Gasteiger partial charge >= 0.3 is 5.97 Å². The molecule has 2 aromatic rings. The molecule has 2 unspecified atom stereocenters. The Balaban J connectivity index is 1.24. The van der Waals surface area contributed by atoms with Crippen molar-refractivity contribution in [3.63, 3.8) is 0 Å². The number of hydrogen-bond acceptors (Lipinski definition) is 10. The van der Waals surface area contributed by atoms with E-state index >= 15 is 0 Å². The summed E-state index contributed by atoms with van der Waals surface area (Å²) in [7, 11) is 0.